The molecule has 2 heterocycles. The van der Waals surface area contributed by atoms with Gasteiger partial charge in [0.15, 0.2) is 12.4 Å². The molecule has 4 rings (SSSR count). The van der Waals surface area contributed by atoms with Crippen molar-refractivity contribution in [3.05, 3.63) is 59.0 Å². The Kier molecular flexibility index (Phi) is 5.34. The fourth-order valence-corrected chi connectivity index (χ4v) is 3.65. The number of rotatable bonds is 6. The van der Waals surface area contributed by atoms with E-state index in [1.165, 1.54) is 12.8 Å². The molecule has 1 aliphatic carbocycles. The first-order valence-electron chi connectivity index (χ1n) is 9.38. The van der Waals surface area contributed by atoms with Crippen LogP contribution >= 0.6 is 11.6 Å². The fourth-order valence-electron chi connectivity index (χ4n) is 3.47. The second-order valence-electron chi connectivity index (χ2n) is 6.98. The van der Waals surface area contributed by atoms with E-state index in [1.54, 1.807) is 29.1 Å². The van der Waals surface area contributed by atoms with Crippen molar-refractivity contribution >= 4 is 23.3 Å². The van der Waals surface area contributed by atoms with Crippen LogP contribution < -0.4 is 10.1 Å². The van der Waals surface area contributed by atoms with Gasteiger partial charge in [0, 0.05) is 17.3 Å². The molecular weight excluding hydrogens is 378 g/mol. The molecule has 0 atom stereocenters. The number of nitrogens with one attached hydrogen (secondary N) is 1. The Morgan fingerprint density at radius 2 is 2.07 bits per heavy atom. The van der Waals surface area contributed by atoms with Crippen molar-refractivity contribution < 1.29 is 9.53 Å². The van der Waals surface area contributed by atoms with E-state index in [2.05, 4.69) is 15.5 Å². The minimum atomic E-state index is -0.263. The topological polar surface area (TPSA) is 74.0 Å². The van der Waals surface area contributed by atoms with Gasteiger partial charge in [-0.3, -0.25) is 4.79 Å². The molecule has 0 unspecified atom stereocenters. The molecule has 1 aromatic carbocycles. The van der Waals surface area contributed by atoms with Gasteiger partial charge in [0.05, 0.1) is 11.7 Å². The normalized spacial score (nSPS) is 14.4. The Hall–Kier alpha value is -2.80. The number of nitrogens with zero attached hydrogens (tertiary/aromatic N) is 4. The van der Waals surface area contributed by atoms with E-state index in [1.807, 2.05) is 29.8 Å². The van der Waals surface area contributed by atoms with Gasteiger partial charge in [-0.05, 0) is 44.0 Å². The van der Waals surface area contributed by atoms with E-state index < -0.39 is 0 Å². The molecule has 2 aromatic heterocycles. The maximum absolute atomic E-state index is 12.6. The summed E-state index contributed by atoms with van der Waals surface area (Å²) in [5.41, 5.74) is 1.22. The average Bonchev–Trinajstić information content (AvgIpc) is 3.41. The highest BCUT2D eigenvalue weighted by atomic mass is 35.5. The third-order valence-electron chi connectivity index (χ3n) is 4.80. The van der Waals surface area contributed by atoms with Gasteiger partial charge in [0.2, 0.25) is 0 Å². The van der Waals surface area contributed by atoms with Crippen LogP contribution in [0, 0.1) is 6.92 Å². The second-order valence-corrected chi connectivity index (χ2v) is 7.42. The molecule has 1 fully saturated rings. The largest absolute Gasteiger partial charge is 0.471 e. The van der Waals surface area contributed by atoms with Crippen LogP contribution in [0.2, 0.25) is 5.02 Å². The number of aryl methyl sites for hydroxylation is 1. The average molecular weight is 400 g/mol. The zero-order chi connectivity index (χ0) is 19.5. The van der Waals surface area contributed by atoms with Gasteiger partial charge in [-0.2, -0.15) is 10.2 Å². The third-order valence-corrected chi connectivity index (χ3v) is 5.04. The molecule has 1 N–H and O–H groups in total. The number of amides is 1. The lowest BCUT2D eigenvalue weighted by molar-refractivity contribution is 0.101. The lowest BCUT2D eigenvalue weighted by Crippen LogP contribution is -2.18. The van der Waals surface area contributed by atoms with Crippen LogP contribution in [0.4, 0.5) is 5.82 Å². The Bertz CT molecular complexity index is 975. The molecule has 7 nitrogen and oxygen atoms in total. The van der Waals surface area contributed by atoms with Crippen LogP contribution in [0.25, 0.3) is 0 Å². The predicted molar refractivity (Wildman–Crippen MR) is 107 cm³/mol. The minimum Gasteiger partial charge on any atom is -0.471 e. The number of anilines is 1. The van der Waals surface area contributed by atoms with E-state index in [-0.39, 0.29) is 12.6 Å². The SMILES string of the molecule is Cc1cc(NC(=O)c2ccn(COc3cccc(Cl)c3)n2)n(C2CCCC2)n1. The van der Waals surface area contributed by atoms with E-state index in [9.17, 15) is 4.79 Å². The van der Waals surface area contributed by atoms with Crippen molar-refractivity contribution in [3.63, 3.8) is 0 Å². The van der Waals surface area contributed by atoms with E-state index in [0.717, 1.165) is 24.4 Å². The first-order chi connectivity index (χ1) is 13.6. The summed E-state index contributed by atoms with van der Waals surface area (Å²) in [5.74, 6) is 1.10. The first-order valence-corrected chi connectivity index (χ1v) is 9.75. The molecule has 146 valence electrons. The van der Waals surface area contributed by atoms with Crippen LogP contribution in [0.3, 0.4) is 0 Å². The molecule has 1 aliphatic rings. The number of halogens is 1. The summed E-state index contributed by atoms with van der Waals surface area (Å²) in [6.07, 6.45) is 6.31. The molecule has 28 heavy (non-hydrogen) atoms. The number of carbonyl (C=O) groups is 1. The van der Waals surface area contributed by atoms with Crippen molar-refractivity contribution in [2.75, 3.05) is 5.32 Å². The fraction of sp³-hybridized carbons (Fsp3) is 0.350. The maximum Gasteiger partial charge on any atom is 0.277 e. The van der Waals surface area contributed by atoms with E-state index in [4.69, 9.17) is 16.3 Å². The molecule has 1 amide bonds. The second kappa shape index (κ2) is 8.06. The monoisotopic (exact) mass is 399 g/mol. The number of ether oxygens (including phenoxy) is 1. The van der Waals surface area contributed by atoms with E-state index in [0.29, 0.717) is 22.5 Å². The van der Waals surface area contributed by atoms with Crippen LogP contribution in [0.5, 0.6) is 5.75 Å². The molecule has 0 radical (unpaired) electrons. The van der Waals surface area contributed by atoms with Gasteiger partial charge in [-0.1, -0.05) is 30.5 Å². The van der Waals surface area contributed by atoms with Crippen molar-refractivity contribution in [1.82, 2.24) is 19.6 Å². The van der Waals surface area contributed by atoms with E-state index >= 15 is 0 Å². The highest BCUT2D eigenvalue weighted by molar-refractivity contribution is 6.30. The molecule has 0 bridgehead atoms. The Balaban J connectivity index is 1.41. The number of benzene rings is 1. The minimum absolute atomic E-state index is 0.187. The third kappa shape index (κ3) is 4.20. The number of hydrogen-bond donors (Lipinski definition) is 1. The van der Waals surface area contributed by atoms with Crippen molar-refractivity contribution in [2.24, 2.45) is 0 Å². The molecule has 3 aromatic rings. The van der Waals surface area contributed by atoms with Gasteiger partial charge in [-0.25, -0.2) is 9.36 Å². The quantitative estimate of drug-likeness (QED) is 0.664. The van der Waals surface area contributed by atoms with Gasteiger partial charge in [0.1, 0.15) is 11.6 Å². The molecule has 0 spiro atoms. The Morgan fingerprint density at radius 3 is 2.86 bits per heavy atom. The van der Waals surface area contributed by atoms with Crippen LogP contribution in [0.1, 0.15) is 47.9 Å². The summed E-state index contributed by atoms with van der Waals surface area (Å²) in [5, 5.41) is 12.4. The Morgan fingerprint density at radius 1 is 1.25 bits per heavy atom. The number of hydrogen-bond acceptors (Lipinski definition) is 4. The van der Waals surface area contributed by atoms with Crippen molar-refractivity contribution in [3.8, 4) is 5.75 Å². The van der Waals surface area contributed by atoms with Gasteiger partial charge >= 0.3 is 0 Å². The zero-order valence-electron chi connectivity index (χ0n) is 15.6. The van der Waals surface area contributed by atoms with Crippen molar-refractivity contribution in [2.45, 2.75) is 45.4 Å². The number of aromatic nitrogens is 4. The lowest BCUT2D eigenvalue weighted by Gasteiger charge is -2.14. The maximum atomic E-state index is 12.6. The number of carbonyl (C=O) groups excluding carboxylic acids is 1. The Labute approximate surface area is 168 Å². The van der Waals surface area contributed by atoms with Gasteiger partial charge in [0.25, 0.3) is 5.91 Å². The summed E-state index contributed by atoms with van der Waals surface area (Å²) >= 11 is 5.95. The molecule has 1 saturated carbocycles. The molecule has 0 saturated heterocycles. The van der Waals surface area contributed by atoms with Crippen LogP contribution in [-0.2, 0) is 6.73 Å². The lowest BCUT2D eigenvalue weighted by atomic mass is 10.2. The zero-order valence-corrected chi connectivity index (χ0v) is 16.4. The predicted octanol–water partition coefficient (Wildman–Crippen LogP) is 4.45. The summed E-state index contributed by atoms with van der Waals surface area (Å²) in [4.78, 5) is 12.6. The summed E-state index contributed by atoms with van der Waals surface area (Å²) < 4.78 is 9.15. The van der Waals surface area contributed by atoms with Crippen LogP contribution in [-0.4, -0.2) is 25.5 Å². The summed E-state index contributed by atoms with van der Waals surface area (Å²) in [6, 6.07) is 11.1. The molecular formula is C20H22ClN5O2. The van der Waals surface area contributed by atoms with Gasteiger partial charge < -0.3 is 10.1 Å². The summed E-state index contributed by atoms with van der Waals surface area (Å²) in [6.45, 7) is 2.12. The van der Waals surface area contributed by atoms with Gasteiger partial charge in [-0.15, -0.1) is 0 Å². The standard InChI is InChI=1S/C20H22ClN5O2/c1-14-11-19(26(23-14)16-6-2-3-7-16)22-20(27)18-9-10-25(24-18)13-28-17-8-4-5-15(21)12-17/h4-5,8-12,16H,2-3,6-7,13H2,1H3,(H,22,27). The smallest absolute Gasteiger partial charge is 0.277 e. The highest BCUT2D eigenvalue weighted by Gasteiger charge is 2.22. The summed E-state index contributed by atoms with van der Waals surface area (Å²) in [7, 11) is 0. The molecule has 0 aliphatic heterocycles. The van der Waals surface area contributed by atoms with Crippen LogP contribution in [0.15, 0.2) is 42.6 Å². The first kappa shape index (κ1) is 18.6. The molecule has 8 heteroatoms. The van der Waals surface area contributed by atoms with Crippen molar-refractivity contribution in [1.29, 1.82) is 0 Å². The highest BCUT2D eigenvalue weighted by Crippen LogP contribution is 2.32.